The Bertz CT molecular complexity index is 299. The lowest BCUT2D eigenvalue weighted by molar-refractivity contribution is 0.597. The summed E-state index contributed by atoms with van der Waals surface area (Å²) in [5.74, 6) is 0.953. The summed E-state index contributed by atoms with van der Waals surface area (Å²) in [4.78, 5) is 0. The van der Waals surface area contributed by atoms with Crippen LogP contribution in [0.15, 0.2) is 6.07 Å². The zero-order valence-electron chi connectivity index (χ0n) is 9.08. The first-order valence-electron chi connectivity index (χ1n) is 5.52. The Morgan fingerprint density at radius 3 is 2.93 bits per heavy atom. The minimum atomic E-state index is 0.953. The van der Waals surface area contributed by atoms with E-state index in [2.05, 4.69) is 23.4 Å². The third kappa shape index (κ3) is 2.35. The van der Waals surface area contributed by atoms with Gasteiger partial charge in [0.15, 0.2) is 0 Å². The van der Waals surface area contributed by atoms with Gasteiger partial charge in [0.25, 0.3) is 0 Å². The van der Waals surface area contributed by atoms with E-state index >= 15 is 0 Å². The first kappa shape index (κ1) is 9.71. The Kier molecular flexibility index (Phi) is 2.87. The van der Waals surface area contributed by atoms with Crippen LogP contribution < -0.4 is 5.32 Å². The van der Waals surface area contributed by atoms with E-state index in [-0.39, 0.29) is 0 Å². The highest BCUT2D eigenvalue weighted by Gasteiger charge is 2.20. The molecule has 1 aliphatic carbocycles. The van der Waals surface area contributed by atoms with E-state index in [9.17, 15) is 0 Å². The van der Waals surface area contributed by atoms with Crippen molar-refractivity contribution in [2.45, 2.75) is 32.7 Å². The van der Waals surface area contributed by atoms with Crippen LogP contribution >= 0.6 is 0 Å². The minimum absolute atomic E-state index is 0.953. The molecule has 1 fully saturated rings. The van der Waals surface area contributed by atoms with E-state index in [1.54, 1.807) is 0 Å². The Morgan fingerprint density at radius 2 is 2.36 bits per heavy atom. The molecule has 0 radical (unpaired) electrons. The van der Waals surface area contributed by atoms with Crippen molar-refractivity contribution in [3.63, 3.8) is 0 Å². The van der Waals surface area contributed by atoms with Crippen molar-refractivity contribution in [2.75, 3.05) is 6.54 Å². The third-order valence-electron chi connectivity index (χ3n) is 2.83. The summed E-state index contributed by atoms with van der Waals surface area (Å²) in [7, 11) is 2.02. The van der Waals surface area contributed by atoms with Crippen molar-refractivity contribution < 1.29 is 0 Å². The summed E-state index contributed by atoms with van der Waals surface area (Å²) in [5.41, 5.74) is 2.48. The zero-order valence-corrected chi connectivity index (χ0v) is 9.08. The molecule has 14 heavy (non-hydrogen) atoms. The topological polar surface area (TPSA) is 29.9 Å². The van der Waals surface area contributed by atoms with E-state index in [0.29, 0.717) is 0 Å². The molecule has 1 aromatic heterocycles. The van der Waals surface area contributed by atoms with Crippen molar-refractivity contribution >= 4 is 0 Å². The van der Waals surface area contributed by atoms with Gasteiger partial charge in [0.2, 0.25) is 0 Å². The number of nitrogens with one attached hydrogen (secondary N) is 1. The molecule has 3 heteroatoms. The van der Waals surface area contributed by atoms with Crippen molar-refractivity contribution in [3.05, 3.63) is 17.5 Å². The molecular formula is C11H19N3. The van der Waals surface area contributed by atoms with Gasteiger partial charge in [-0.3, -0.25) is 4.68 Å². The Balaban J connectivity index is 1.83. The molecule has 0 aromatic carbocycles. The van der Waals surface area contributed by atoms with Crippen LogP contribution in [0.1, 0.15) is 31.2 Å². The number of hydrogen-bond donors (Lipinski definition) is 1. The fourth-order valence-corrected chi connectivity index (χ4v) is 1.64. The summed E-state index contributed by atoms with van der Waals surface area (Å²) >= 11 is 0. The molecule has 0 bridgehead atoms. The molecule has 0 atom stereocenters. The van der Waals surface area contributed by atoms with E-state index < -0.39 is 0 Å². The second-order valence-electron chi connectivity index (χ2n) is 4.18. The molecule has 1 saturated carbocycles. The molecule has 0 unspecified atom stereocenters. The first-order valence-corrected chi connectivity index (χ1v) is 5.52. The van der Waals surface area contributed by atoms with Gasteiger partial charge in [0, 0.05) is 13.6 Å². The van der Waals surface area contributed by atoms with Crippen molar-refractivity contribution in [1.29, 1.82) is 0 Å². The predicted octanol–water partition coefficient (Wildman–Crippen LogP) is 1.48. The van der Waals surface area contributed by atoms with Crippen molar-refractivity contribution in [3.8, 4) is 0 Å². The summed E-state index contributed by atoms with van der Waals surface area (Å²) in [6.45, 7) is 4.27. The van der Waals surface area contributed by atoms with E-state index in [1.165, 1.54) is 30.8 Å². The molecule has 3 nitrogen and oxygen atoms in total. The minimum Gasteiger partial charge on any atom is -0.311 e. The highest BCUT2D eigenvalue weighted by atomic mass is 15.3. The lowest BCUT2D eigenvalue weighted by Gasteiger charge is -2.03. The third-order valence-corrected chi connectivity index (χ3v) is 2.83. The maximum absolute atomic E-state index is 4.42. The average Bonchev–Trinajstić information content (AvgIpc) is 2.92. The fraction of sp³-hybridized carbons (Fsp3) is 0.727. The standard InChI is InChI=1S/C11H19N3/c1-3-10-6-11(14(2)13-10)8-12-7-9-4-5-9/h6,9,12H,3-5,7-8H2,1-2H3. The van der Waals surface area contributed by atoms with E-state index in [0.717, 1.165) is 18.9 Å². The molecule has 0 spiro atoms. The summed E-state index contributed by atoms with van der Waals surface area (Å²) in [6, 6.07) is 2.19. The maximum Gasteiger partial charge on any atom is 0.0625 e. The van der Waals surface area contributed by atoms with Crippen LogP contribution in [0.5, 0.6) is 0 Å². The largest absolute Gasteiger partial charge is 0.311 e. The van der Waals surface area contributed by atoms with Gasteiger partial charge in [0.1, 0.15) is 0 Å². The SMILES string of the molecule is CCc1cc(CNCC2CC2)n(C)n1. The van der Waals surface area contributed by atoms with Gasteiger partial charge in [-0.05, 0) is 37.8 Å². The van der Waals surface area contributed by atoms with Crippen molar-refractivity contribution in [1.82, 2.24) is 15.1 Å². The number of nitrogens with zero attached hydrogens (tertiary/aromatic N) is 2. The number of aromatic nitrogens is 2. The molecule has 1 heterocycles. The Labute approximate surface area is 85.5 Å². The lowest BCUT2D eigenvalue weighted by Crippen LogP contribution is -2.18. The van der Waals surface area contributed by atoms with Crippen LogP contribution in [-0.2, 0) is 20.0 Å². The van der Waals surface area contributed by atoms with Crippen molar-refractivity contribution in [2.24, 2.45) is 13.0 Å². The van der Waals surface area contributed by atoms with Gasteiger partial charge in [-0.2, -0.15) is 5.10 Å². The van der Waals surface area contributed by atoms with Crippen LogP contribution in [0, 0.1) is 5.92 Å². The molecule has 1 aromatic rings. The Hall–Kier alpha value is -0.830. The van der Waals surface area contributed by atoms with Crippen LogP contribution in [0.2, 0.25) is 0 Å². The second-order valence-corrected chi connectivity index (χ2v) is 4.18. The number of hydrogen-bond acceptors (Lipinski definition) is 2. The van der Waals surface area contributed by atoms with Crippen LogP contribution in [0.25, 0.3) is 0 Å². The molecule has 78 valence electrons. The first-order chi connectivity index (χ1) is 6.79. The molecule has 1 N–H and O–H groups in total. The second kappa shape index (κ2) is 4.13. The number of aryl methyl sites for hydroxylation is 2. The molecule has 0 amide bonds. The molecule has 0 aliphatic heterocycles. The quantitative estimate of drug-likeness (QED) is 0.767. The average molecular weight is 193 g/mol. The zero-order chi connectivity index (χ0) is 9.97. The Morgan fingerprint density at radius 1 is 1.57 bits per heavy atom. The highest BCUT2D eigenvalue weighted by Crippen LogP contribution is 2.27. The fourth-order valence-electron chi connectivity index (χ4n) is 1.64. The van der Waals surface area contributed by atoms with E-state index in [4.69, 9.17) is 0 Å². The summed E-state index contributed by atoms with van der Waals surface area (Å²) in [5, 5.41) is 7.90. The van der Waals surface area contributed by atoms with Gasteiger partial charge in [-0.1, -0.05) is 6.92 Å². The molecular weight excluding hydrogens is 174 g/mol. The molecule has 0 saturated heterocycles. The smallest absolute Gasteiger partial charge is 0.0625 e. The van der Waals surface area contributed by atoms with Gasteiger partial charge in [-0.15, -0.1) is 0 Å². The lowest BCUT2D eigenvalue weighted by atomic mass is 10.3. The van der Waals surface area contributed by atoms with Gasteiger partial charge < -0.3 is 5.32 Å². The monoisotopic (exact) mass is 193 g/mol. The van der Waals surface area contributed by atoms with E-state index in [1.807, 2.05) is 11.7 Å². The van der Waals surface area contributed by atoms with Gasteiger partial charge in [0.05, 0.1) is 11.4 Å². The predicted molar refractivity (Wildman–Crippen MR) is 57.0 cm³/mol. The van der Waals surface area contributed by atoms with Crippen LogP contribution in [0.4, 0.5) is 0 Å². The molecule has 2 rings (SSSR count). The van der Waals surface area contributed by atoms with Gasteiger partial charge in [-0.25, -0.2) is 0 Å². The van der Waals surface area contributed by atoms with Gasteiger partial charge >= 0.3 is 0 Å². The maximum atomic E-state index is 4.42. The highest BCUT2D eigenvalue weighted by molar-refractivity contribution is 5.09. The number of rotatable bonds is 5. The molecule has 1 aliphatic rings. The summed E-state index contributed by atoms with van der Waals surface area (Å²) < 4.78 is 1.98. The van der Waals surface area contributed by atoms with Crippen LogP contribution in [0.3, 0.4) is 0 Å². The normalized spacial score (nSPS) is 16.1. The van der Waals surface area contributed by atoms with Crippen LogP contribution in [-0.4, -0.2) is 16.3 Å². The summed E-state index contributed by atoms with van der Waals surface area (Å²) in [6.07, 6.45) is 3.85.